The number of carbonyl (C=O) groups excluding carboxylic acids is 1. The van der Waals surface area contributed by atoms with Crippen molar-refractivity contribution in [1.82, 2.24) is 9.78 Å². The van der Waals surface area contributed by atoms with Gasteiger partial charge in [0.05, 0.1) is 11.8 Å². The van der Waals surface area contributed by atoms with Gasteiger partial charge in [0.25, 0.3) is 0 Å². The minimum Gasteiger partial charge on any atom is -0.406 e. The zero-order valence-electron chi connectivity index (χ0n) is 9.81. The lowest BCUT2D eigenvalue weighted by Crippen LogP contribution is -2.17. The summed E-state index contributed by atoms with van der Waals surface area (Å²) in [6.45, 7) is 0. The van der Waals surface area contributed by atoms with E-state index in [9.17, 15) is 18.0 Å². The zero-order chi connectivity index (χ0) is 14.0. The third-order valence-electron chi connectivity index (χ3n) is 2.32. The number of ether oxygens (including phenoxy) is 1. The van der Waals surface area contributed by atoms with Gasteiger partial charge in [0.2, 0.25) is 0 Å². The molecule has 0 saturated heterocycles. The predicted molar refractivity (Wildman–Crippen MR) is 59.8 cm³/mol. The fraction of sp³-hybridized carbons (Fsp3) is 0.167. The molecule has 0 fully saturated rings. The van der Waals surface area contributed by atoms with Crippen LogP contribution in [0, 0.1) is 0 Å². The second kappa shape index (κ2) is 4.75. The molecule has 19 heavy (non-hydrogen) atoms. The topological polar surface area (TPSA) is 44.1 Å². The zero-order valence-corrected chi connectivity index (χ0v) is 9.81. The number of hydrogen-bond donors (Lipinski definition) is 0. The van der Waals surface area contributed by atoms with Crippen LogP contribution < -0.4 is 4.74 Å². The third kappa shape index (κ3) is 3.34. The number of hydrogen-bond acceptors (Lipinski definition) is 3. The van der Waals surface area contributed by atoms with E-state index in [1.165, 1.54) is 29.2 Å². The molecule has 0 aliphatic rings. The smallest absolute Gasteiger partial charge is 0.406 e. The van der Waals surface area contributed by atoms with Crippen molar-refractivity contribution in [3.05, 3.63) is 47.8 Å². The van der Waals surface area contributed by atoms with Gasteiger partial charge in [-0.3, -0.25) is 9.48 Å². The first-order chi connectivity index (χ1) is 8.85. The van der Waals surface area contributed by atoms with E-state index in [0.29, 0.717) is 5.56 Å². The highest BCUT2D eigenvalue weighted by molar-refractivity contribution is 6.08. The highest BCUT2D eigenvalue weighted by Crippen LogP contribution is 2.23. The van der Waals surface area contributed by atoms with Gasteiger partial charge in [0.1, 0.15) is 5.75 Å². The Labute approximate surface area is 106 Å². The molecule has 0 saturated carbocycles. The number of rotatable bonds is 3. The van der Waals surface area contributed by atoms with Crippen LogP contribution in [0.15, 0.2) is 36.7 Å². The van der Waals surface area contributed by atoms with E-state index in [2.05, 4.69) is 9.84 Å². The summed E-state index contributed by atoms with van der Waals surface area (Å²) in [7, 11) is 1.66. The van der Waals surface area contributed by atoms with E-state index < -0.39 is 6.36 Å². The molecule has 0 radical (unpaired) electrons. The molecule has 0 unspecified atom stereocenters. The fourth-order valence-corrected chi connectivity index (χ4v) is 1.51. The van der Waals surface area contributed by atoms with Crippen molar-refractivity contribution in [3.8, 4) is 5.75 Å². The summed E-state index contributed by atoms with van der Waals surface area (Å²) >= 11 is 0. The molecule has 0 atom stereocenters. The summed E-state index contributed by atoms with van der Waals surface area (Å²) < 4.78 is 41.1. The maximum atomic E-state index is 12.0. The van der Waals surface area contributed by atoms with E-state index in [4.69, 9.17) is 0 Å². The van der Waals surface area contributed by atoms with Crippen molar-refractivity contribution in [2.24, 2.45) is 7.05 Å². The van der Waals surface area contributed by atoms with E-state index in [1.54, 1.807) is 7.05 Å². The standard InChI is InChI=1S/C12H9F3N2O2/c1-17-7-9(6-16-17)11(18)8-2-4-10(5-3-8)19-12(13,14)15/h2-7H,1H3. The normalized spacial score (nSPS) is 11.4. The molecule has 0 N–H and O–H groups in total. The molecular weight excluding hydrogens is 261 g/mol. The molecule has 7 heteroatoms. The summed E-state index contributed by atoms with van der Waals surface area (Å²) in [5, 5.41) is 3.85. The van der Waals surface area contributed by atoms with Gasteiger partial charge in [-0.2, -0.15) is 5.10 Å². The van der Waals surface area contributed by atoms with E-state index >= 15 is 0 Å². The molecule has 2 rings (SSSR count). The quantitative estimate of drug-likeness (QED) is 0.805. The maximum Gasteiger partial charge on any atom is 0.573 e. The Morgan fingerprint density at radius 2 is 1.84 bits per heavy atom. The number of alkyl halides is 3. The molecule has 0 aliphatic carbocycles. The fourth-order valence-electron chi connectivity index (χ4n) is 1.51. The van der Waals surface area contributed by atoms with Crippen LogP contribution in [0.25, 0.3) is 0 Å². The van der Waals surface area contributed by atoms with Crippen LogP contribution >= 0.6 is 0 Å². The van der Waals surface area contributed by atoms with Gasteiger partial charge < -0.3 is 4.74 Å². The summed E-state index contributed by atoms with van der Waals surface area (Å²) in [6.07, 6.45) is -1.82. The second-order valence-corrected chi connectivity index (χ2v) is 3.80. The molecule has 2 aromatic rings. The number of aryl methyl sites for hydroxylation is 1. The third-order valence-corrected chi connectivity index (χ3v) is 2.32. The monoisotopic (exact) mass is 270 g/mol. The van der Waals surface area contributed by atoms with Crippen LogP contribution in [-0.2, 0) is 7.05 Å². The number of carbonyl (C=O) groups is 1. The molecule has 1 heterocycles. The maximum absolute atomic E-state index is 12.0. The van der Waals surface area contributed by atoms with Crippen LogP contribution in [-0.4, -0.2) is 21.9 Å². The SMILES string of the molecule is Cn1cc(C(=O)c2ccc(OC(F)(F)F)cc2)cn1. The molecule has 0 amide bonds. The molecule has 1 aromatic carbocycles. The molecule has 1 aromatic heterocycles. The van der Waals surface area contributed by atoms with Crippen LogP contribution in [0.2, 0.25) is 0 Å². The van der Waals surface area contributed by atoms with Gasteiger partial charge >= 0.3 is 6.36 Å². The summed E-state index contributed by atoms with van der Waals surface area (Å²) in [6, 6.07) is 4.74. The largest absolute Gasteiger partial charge is 0.573 e. The number of aromatic nitrogens is 2. The molecule has 0 aliphatic heterocycles. The van der Waals surface area contributed by atoms with Gasteiger partial charge in [-0.15, -0.1) is 13.2 Å². The van der Waals surface area contributed by atoms with Crippen LogP contribution in [0.3, 0.4) is 0 Å². The highest BCUT2D eigenvalue weighted by Gasteiger charge is 2.31. The van der Waals surface area contributed by atoms with Gasteiger partial charge in [0, 0.05) is 18.8 Å². The Morgan fingerprint density at radius 1 is 1.21 bits per heavy atom. The van der Waals surface area contributed by atoms with Crippen molar-refractivity contribution in [2.75, 3.05) is 0 Å². The number of benzene rings is 1. The second-order valence-electron chi connectivity index (χ2n) is 3.80. The van der Waals surface area contributed by atoms with Crippen LogP contribution in [0.4, 0.5) is 13.2 Å². The molecule has 0 bridgehead atoms. The van der Waals surface area contributed by atoms with Crippen molar-refractivity contribution in [2.45, 2.75) is 6.36 Å². The molecular formula is C12H9F3N2O2. The average Bonchev–Trinajstić information content (AvgIpc) is 2.74. The van der Waals surface area contributed by atoms with Gasteiger partial charge in [-0.25, -0.2) is 0 Å². The highest BCUT2D eigenvalue weighted by atomic mass is 19.4. The Kier molecular flexibility index (Phi) is 3.28. The van der Waals surface area contributed by atoms with Crippen molar-refractivity contribution in [3.63, 3.8) is 0 Å². The number of ketones is 1. The van der Waals surface area contributed by atoms with E-state index in [1.807, 2.05) is 0 Å². The lowest BCUT2D eigenvalue weighted by atomic mass is 10.1. The first-order valence-electron chi connectivity index (χ1n) is 5.24. The van der Waals surface area contributed by atoms with E-state index in [0.717, 1.165) is 12.1 Å². The van der Waals surface area contributed by atoms with Crippen molar-refractivity contribution < 1.29 is 22.7 Å². The Morgan fingerprint density at radius 3 is 2.32 bits per heavy atom. The van der Waals surface area contributed by atoms with Gasteiger partial charge in [-0.05, 0) is 24.3 Å². The van der Waals surface area contributed by atoms with Crippen LogP contribution in [0.1, 0.15) is 15.9 Å². The molecule has 100 valence electrons. The lowest BCUT2D eigenvalue weighted by molar-refractivity contribution is -0.274. The van der Waals surface area contributed by atoms with Gasteiger partial charge in [-0.1, -0.05) is 0 Å². The summed E-state index contributed by atoms with van der Waals surface area (Å²) in [4.78, 5) is 11.9. The Hall–Kier alpha value is -2.31. The predicted octanol–water partition coefficient (Wildman–Crippen LogP) is 2.55. The number of nitrogens with zero attached hydrogens (tertiary/aromatic N) is 2. The van der Waals surface area contributed by atoms with Gasteiger partial charge in [0.15, 0.2) is 5.78 Å². The van der Waals surface area contributed by atoms with Crippen molar-refractivity contribution >= 4 is 5.78 Å². The lowest BCUT2D eigenvalue weighted by Gasteiger charge is -2.08. The van der Waals surface area contributed by atoms with E-state index in [-0.39, 0.29) is 17.1 Å². The number of halogens is 3. The average molecular weight is 270 g/mol. The Bertz CT molecular complexity index is 588. The van der Waals surface area contributed by atoms with Crippen LogP contribution in [0.5, 0.6) is 5.75 Å². The molecule has 0 spiro atoms. The molecule has 4 nitrogen and oxygen atoms in total. The van der Waals surface area contributed by atoms with Crippen molar-refractivity contribution in [1.29, 1.82) is 0 Å². The first kappa shape index (κ1) is 13.1. The first-order valence-corrected chi connectivity index (χ1v) is 5.24. The summed E-state index contributed by atoms with van der Waals surface area (Å²) in [5.74, 6) is -0.679. The summed E-state index contributed by atoms with van der Waals surface area (Å²) in [5.41, 5.74) is 0.634. The Balaban J connectivity index is 2.16. The minimum absolute atomic E-state index is 0.266. The minimum atomic E-state index is -4.74.